The highest BCUT2D eigenvalue weighted by Crippen LogP contribution is 2.28. The Labute approximate surface area is 154 Å². The molecule has 3 heterocycles. The summed E-state index contributed by atoms with van der Waals surface area (Å²) in [5, 5.41) is 19.4. The number of alkyl halides is 3. The van der Waals surface area contributed by atoms with Crippen molar-refractivity contribution in [2.24, 2.45) is 0 Å². The van der Waals surface area contributed by atoms with Crippen molar-refractivity contribution in [2.45, 2.75) is 12.7 Å². The van der Waals surface area contributed by atoms with Gasteiger partial charge in [0, 0.05) is 12.4 Å². The second-order valence-electron chi connectivity index (χ2n) is 5.33. The van der Waals surface area contributed by atoms with E-state index >= 15 is 0 Å². The normalized spacial score (nSPS) is 11.6. The zero-order chi connectivity index (χ0) is 19.6. The van der Waals surface area contributed by atoms with E-state index in [0.717, 1.165) is 16.8 Å². The van der Waals surface area contributed by atoms with Crippen LogP contribution in [0.3, 0.4) is 0 Å². The molecule has 0 saturated carbocycles. The third kappa shape index (κ3) is 4.09. The fraction of sp³-hybridized carbons (Fsp3) is 0.200. The maximum atomic E-state index is 12.6. The molecule has 0 bridgehead atoms. The highest BCUT2D eigenvalue weighted by atomic mass is 35.5. The molecule has 0 aliphatic carbocycles. The second-order valence-corrected chi connectivity index (χ2v) is 5.71. The molecule has 0 amide bonds. The van der Waals surface area contributed by atoms with Gasteiger partial charge < -0.3 is 10.4 Å². The molecule has 27 heavy (non-hydrogen) atoms. The number of halogens is 4. The highest BCUT2D eigenvalue weighted by Gasteiger charge is 2.30. The van der Waals surface area contributed by atoms with E-state index in [1.54, 1.807) is 6.20 Å². The number of aliphatic hydroxyl groups is 1. The van der Waals surface area contributed by atoms with Crippen molar-refractivity contribution in [3.8, 4) is 5.82 Å². The van der Waals surface area contributed by atoms with Crippen molar-refractivity contribution in [1.29, 1.82) is 0 Å². The first-order valence-corrected chi connectivity index (χ1v) is 7.89. The van der Waals surface area contributed by atoms with Gasteiger partial charge in [0.1, 0.15) is 5.02 Å². The minimum Gasteiger partial charge on any atom is -0.394 e. The molecule has 0 atom stereocenters. The lowest BCUT2D eigenvalue weighted by Gasteiger charge is -2.10. The molecule has 2 N–H and O–H groups in total. The first-order valence-electron chi connectivity index (χ1n) is 7.51. The van der Waals surface area contributed by atoms with Gasteiger partial charge in [0.25, 0.3) is 5.56 Å². The molecule has 142 valence electrons. The van der Waals surface area contributed by atoms with Gasteiger partial charge in [-0.25, -0.2) is 4.98 Å². The number of aromatic nitrogens is 5. The molecule has 0 fully saturated rings. The summed E-state index contributed by atoms with van der Waals surface area (Å²) in [6.45, 7) is 0.217. The molecule has 0 aliphatic heterocycles. The van der Waals surface area contributed by atoms with Crippen LogP contribution in [-0.2, 0) is 12.7 Å². The number of rotatable bonds is 5. The van der Waals surface area contributed by atoms with E-state index in [9.17, 15) is 18.0 Å². The van der Waals surface area contributed by atoms with Crippen LogP contribution in [0.15, 0.2) is 41.7 Å². The second kappa shape index (κ2) is 7.37. The Morgan fingerprint density at radius 3 is 2.59 bits per heavy atom. The summed E-state index contributed by atoms with van der Waals surface area (Å²) in [4.78, 5) is 16.0. The third-order valence-electron chi connectivity index (χ3n) is 3.45. The van der Waals surface area contributed by atoms with Crippen LogP contribution < -0.4 is 10.9 Å². The molecule has 3 rings (SSSR count). The van der Waals surface area contributed by atoms with Gasteiger partial charge in [-0.2, -0.15) is 28.1 Å². The molecular weight excluding hydrogens is 389 g/mol. The number of anilines is 2. The number of pyridine rings is 1. The van der Waals surface area contributed by atoms with Crippen molar-refractivity contribution in [3.63, 3.8) is 0 Å². The lowest BCUT2D eigenvalue weighted by Crippen LogP contribution is -2.23. The van der Waals surface area contributed by atoms with E-state index in [1.807, 2.05) is 0 Å². The molecule has 8 nitrogen and oxygen atoms in total. The van der Waals surface area contributed by atoms with Gasteiger partial charge in [-0.1, -0.05) is 11.6 Å². The summed E-state index contributed by atoms with van der Waals surface area (Å²) in [6.07, 6.45) is 0.381. The summed E-state index contributed by atoms with van der Waals surface area (Å²) < 4.78 is 40.1. The van der Waals surface area contributed by atoms with Crippen molar-refractivity contribution in [2.75, 3.05) is 11.9 Å². The van der Waals surface area contributed by atoms with Crippen LogP contribution in [0.4, 0.5) is 24.5 Å². The van der Waals surface area contributed by atoms with Gasteiger partial charge in [-0.15, -0.1) is 0 Å². The van der Waals surface area contributed by atoms with Crippen molar-refractivity contribution < 1.29 is 18.3 Å². The number of nitrogens with zero attached hydrogens (tertiary/aromatic N) is 5. The van der Waals surface area contributed by atoms with Crippen LogP contribution in [-0.4, -0.2) is 36.3 Å². The minimum absolute atomic E-state index is 0.0837. The average molecular weight is 401 g/mol. The first kappa shape index (κ1) is 18.9. The molecule has 0 aromatic carbocycles. The molecule has 0 aliphatic rings. The highest BCUT2D eigenvalue weighted by molar-refractivity contribution is 6.33. The fourth-order valence-corrected chi connectivity index (χ4v) is 2.35. The Balaban J connectivity index is 1.87. The van der Waals surface area contributed by atoms with Gasteiger partial charge in [0.15, 0.2) is 5.82 Å². The zero-order valence-electron chi connectivity index (χ0n) is 13.5. The maximum absolute atomic E-state index is 12.6. The molecule has 0 spiro atoms. The maximum Gasteiger partial charge on any atom is 0.417 e. The quantitative estimate of drug-likeness (QED) is 0.681. The number of aliphatic hydroxyl groups excluding tert-OH is 1. The predicted molar refractivity (Wildman–Crippen MR) is 90.2 cm³/mol. The van der Waals surface area contributed by atoms with Crippen LogP contribution in [0.1, 0.15) is 5.56 Å². The number of hydrogen-bond donors (Lipinski definition) is 2. The van der Waals surface area contributed by atoms with Crippen molar-refractivity contribution in [3.05, 3.63) is 57.9 Å². The van der Waals surface area contributed by atoms with E-state index in [4.69, 9.17) is 16.7 Å². The zero-order valence-corrected chi connectivity index (χ0v) is 14.2. The molecule has 0 unspecified atom stereocenters. The molecule has 3 aromatic rings. The molecule has 12 heteroatoms. The topological polar surface area (TPSA) is 97.9 Å². The monoisotopic (exact) mass is 400 g/mol. The first-order chi connectivity index (χ1) is 12.8. The summed E-state index contributed by atoms with van der Waals surface area (Å²) in [7, 11) is 0. The number of nitrogens with one attached hydrogen (secondary N) is 1. The standard InChI is InChI=1S/C15H12ClF3N6O2/c16-13-11(23-10-6-21-24(8-10)3-4-26)7-22-25(14(13)27)12-2-1-9(5-20-12)15(17,18)19/h1-2,5-8,23,26H,3-4H2. The van der Waals surface area contributed by atoms with Crippen molar-refractivity contribution >= 4 is 23.0 Å². The third-order valence-corrected chi connectivity index (χ3v) is 3.82. The van der Waals surface area contributed by atoms with Crippen LogP contribution >= 0.6 is 11.6 Å². The number of hydrogen-bond acceptors (Lipinski definition) is 6. The van der Waals surface area contributed by atoms with Crippen LogP contribution in [0.5, 0.6) is 0 Å². The van der Waals surface area contributed by atoms with E-state index < -0.39 is 17.3 Å². The van der Waals surface area contributed by atoms with Crippen LogP contribution in [0.25, 0.3) is 5.82 Å². The van der Waals surface area contributed by atoms with E-state index in [1.165, 1.54) is 17.1 Å². The SMILES string of the molecule is O=c1c(Cl)c(Nc2cnn(CCO)c2)cnn1-c1ccc(C(F)(F)F)cn1. The predicted octanol–water partition coefficient (Wildman–Crippen LogP) is 2.23. The summed E-state index contributed by atoms with van der Waals surface area (Å²) in [5.74, 6) is -0.0998. The summed E-state index contributed by atoms with van der Waals surface area (Å²) in [5.41, 5.74) is -0.995. The Kier molecular flexibility index (Phi) is 5.15. The Bertz CT molecular complexity index is 1000. The smallest absolute Gasteiger partial charge is 0.394 e. The van der Waals surface area contributed by atoms with E-state index in [0.29, 0.717) is 18.4 Å². The largest absolute Gasteiger partial charge is 0.417 e. The lowest BCUT2D eigenvalue weighted by atomic mass is 10.3. The van der Waals surface area contributed by atoms with Gasteiger partial charge in [-0.05, 0) is 12.1 Å². The summed E-state index contributed by atoms with van der Waals surface area (Å²) >= 11 is 6.06. The molecule has 3 aromatic heterocycles. The molecular formula is C15H12ClF3N6O2. The van der Waals surface area contributed by atoms with Gasteiger partial charge in [-0.3, -0.25) is 9.48 Å². The Hall–Kier alpha value is -2.92. The van der Waals surface area contributed by atoms with Gasteiger partial charge in [0.05, 0.1) is 42.5 Å². The molecule has 0 saturated heterocycles. The van der Waals surface area contributed by atoms with Gasteiger partial charge >= 0.3 is 6.18 Å². The fourth-order valence-electron chi connectivity index (χ4n) is 2.17. The van der Waals surface area contributed by atoms with Crippen LogP contribution in [0, 0.1) is 0 Å². The average Bonchev–Trinajstić information content (AvgIpc) is 3.06. The van der Waals surface area contributed by atoms with Crippen molar-refractivity contribution in [1.82, 2.24) is 24.5 Å². The summed E-state index contributed by atoms with van der Waals surface area (Å²) in [6, 6.07) is 1.83. The van der Waals surface area contributed by atoms with E-state index in [2.05, 4.69) is 20.5 Å². The van der Waals surface area contributed by atoms with Gasteiger partial charge in [0.2, 0.25) is 0 Å². The lowest BCUT2D eigenvalue weighted by molar-refractivity contribution is -0.137. The minimum atomic E-state index is -4.53. The van der Waals surface area contributed by atoms with Crippen LogP contribution in [0.2, 0.25) is 5.02 Å². The Morgan fingerprint density at radius 1 is 1.19 bits per heavy atom. The molecule has 0 radical (unpaired) electrons. The van der Waals surface area contributed by atoms with E-state index in [-0.39, 0.29) is 23.1 Å². The Morgan fingerprint density at radius 2 is 1.96 bits per heavy atom.